The van der Waals surface area contributed by atoms with E-state index in [4.69, 9.17) is 9.73 Å². The summed E-state index contributed by atoms with van der Waals surface area (Å²) in [6, 6.07) is 9.34. The maximum atomic E-state index is 13.2. The highest BCUT2D eigenvalue weighted by Gasteiger charge is 2.41. The van der Waals surface area contributed by atoms with E-state index in [1.165, 1.54) is 11.8 Å². The van der Waals surface area contributed by atoms with Gasteiger partial charge >= 0.3 is 5.97 Å². The molecule has 0 bridgehead atoms. The van der Waals surface area contributed by atoms with Crippen molar-refractivity contribution in [3.05, 3.63) is 58.3 Å². The largest absolute Gasteiger partial charge is 0.459 e. The predicted molar refractivity (Wildman–Crippen MR) is 132 cm³/mol. The minimum absolute atomic E-state index is 0.000644. The third kappa shape index (κ3) is 4.89. The van der Waals surface area contributed by atoms with Crippen LogP contribution in [0.3, 0.4) is 0 Å². The number of amides is 2. The molecule has 1 atom stereocenters. The number of carbonyl (C=O) groups excluding carboxylic acids is 3. The van der Waals surface area contributed by atoms with Crippen molar-refractivity contribution in [2.75, 3.05) is 26.2 Å². The van der Waals surface area contributed by atoms with Crippen LogP contribution in [-0.4, -0.2) is 69.9 Å². The number of piperazine rings is 1. The molecule has 1 aromatic rings. The number of thioether (sulfide) groups is 1. The van der Waals surface area contributed by atoms with Crippen LogP contribution in [0, 0.1) is 0 Å². The first kappa shape index (κ1) is 24.1. The molecule has 0 radical (unpaired) electrons. The molecule has 1 saturated heterocycles. The lowest BCUT2D eigenvalue weighted by Gasteiger charge is -2.38. The minimum atomic E-state index is -0.427. The highest BCUT2D eigenvalue weighted by Crippen LogP contribution is 2.45. The molecule has 1 fully saturated rings. The molecule has 0 spiro atoms. The molecule has 0 saturated carbocycles. The number of allylic oxidation sites excluding steroid dienone is 1. The number of hydrogen-bond donors (Lipinski definition) is 0. The minimum Gasteiger partial charge on any atom is -0.459 e. The van der Waals surface area contributed by atoms with E-state index >= 15 is 0 Å². The summed E-state index contributed by atoms with van der Waals surface area (Å²) in [5, 5.41) is 2.69. The van der Waals surface area contributed by atoms with Crippen LogP contribution in [0.2, 0.25) is 0 Å². The summed E-state index contributed by atoms with van der Waals surface area (Å²) in [7, 11) is 0. The van der Waals surface area contributed by atoms with Gasteiger partial charge in [0.2, 0.25) is 11.8 Å². The van der Waals surface area contributed by atoms with Crippen molar-refractivity contribution in [1.82, 2.24) is 14.7 Å². The van der Waals surface area contributed by atoms with E-state index in [1.54, 1.807) is 16.7 Å². The summed E-state index contributed by atoms with van der Waals surface area (Å²) in [5.41, 5.74) is 2.85. The van der Waals surface area contributed by atoms with Crippen molar-refractivity contribution in [3.8, 4) is 0 Å². The Kier molecular flexibility index (Phi) is 7.11. The Morgan fingerprint density at radius 3 is 2.35 bits per heavy atom. The van der Waals surface area contributed by atoms with E-state index in [0.29, 0.717) is 37.4 Å². The lowest BCUT2D eigenvalue weighted by atomic mass is 9.94. The predicted octanol–water partition coefficient (Wildman–Crippen LogP) is 3.29. The van der Waals surface area contributed by atoms with E-state index in [9.17, 15) is 14.4 Å². The molecule has 9 heteroatoms. The average Bonchev–Trinajstić information content (AvgIpc) is 3.20. The van der Waals surface area contributed by atoms with E-state index < -0.39 is 12.0 Å². The average molecular weight is 483 g/mol. The SMILES string of the molecule is CC(=O)N1CCN(C(=O)CC2=CSC3=NC(C)=C(C(=O)OC(C)C)C(c4ccccc4)N23)CC1. The molecule has 3 aliphatic rings. The van der Waals surface area contributed by atoms with Gasteiger partial charge in [-0.25, -0.2) is 9.79 Å². The molecule has 180 valence electrons. The smallest absolute Gasteiger partial charge is 0.338 e. The first-order valence-electron chi connectivity index (χ1n) is 11.5. The zero-order valence-electron chi connectivity index (χ0n) is 20.0. The lowest BCUT2D eigenvalue weighted by molar-refractivity contribution is -0.143. The number of rotatable bonds is 5. The fraction of sp³-hybridized carbons (Fsp3) is 0.440. The number of aliphatic imine (C=N–C) groups is 1. The van der Waals surface area contributed by atoms with Crippen LogP contribution in [0.4, 0.5) is 0 Å². The van der Waals surface area contributed by atoms with Gasteiger partial charge in [0.15, 0.2) is 5.17 Å². The van der Waals surface area contributed by atoms with E-state index in [-0.39, 0.29) is 24.3 Å². The molecule has 34 heavy (non-hydrogen) atoms. The number of benzene rings is 1. The Morgan fingerprint density at radius 1 is 1.09 bits per heavy atom. The summed E-state index contributed by atoms with van der Waals surface area (Å²) in [6.07, 6.45) is -0.0612. The van der Waals surface area contributed by atoms with Gasteiger partial charge in [-0.1, -0.05) is 42.1 Å². The third-order valence-corrected chi connectivity index (χ3v) is 6.98. The zero-order valence-corrected chi connectivity index (χ0v) is 20.8. The van der Waals surface area contributed by atoms with Crippen molar-refractivity contribution in [2.24, 2.45) is 4.99 Å². The Hall–Kier alpha value is -3.07. The van der Waals surface area contributed by atoms with Gasteiger partial charge in [0.05, 0.1) is 29.8 Å². The number of nitrogens with zero attached hydrogens (tertiary/aromatic N) is 4. The second-order valence-corrected chi connectivity index (χ2v) is 9.66. The Morgan fingerprint density at radius 2 is 1.74 bits per heavy atom. The summed E-state index contributed by atoms with van der Waals surface area (Å²) in [6.45, 7) is 9.16. The normalized spacial score (nSPS) is 20.3. The van der Waals surface area contributed by atoms with Crippen molar-refractivity contribution < 1.29 is 19.1 Å². The molecule has 3 aliphatic heterocycles. The standard InChI is InChI=1S/C25H30N4O4S/c1-16(2)33-24(32)22-17(3)26-25-29(23(22)19-8-6-5-7-9-19)20(15-34-25)14-21(31)28-12-10-27(11-13-28)18(4)30/h5-9,15-16,23H,10-14H2,1-4H3. The molecule has 0 aromatic heterocycles. The number of hydrogen-bond acceptors (Lipinski definition) is 7. The topological polar surface area (TPSA) is 82.5 Å². The van der Waals surface area contributed by atoms with E-state index in [1.807, 2.05) is 61.4 Å². The van der Waals surface area contributed by atoms with Gasteiger partial charge < -0.3 is 19.4 Å². The molecule has 8 nitrogen and oxygen atoms in total. The van der Waals surface area contributed by atoms with Crippen LogP contribution in [0.15, 0.2) is 57.7 Å². The lowest BCUT2D eigenvalue weighted by Crippen LogP contribution is -2.50. The van der Waals surface area contributed by atoms with Crippen molar-refractivity contribution in [1.29, 1.82) is 0 Å². The molecular weight excluding hydrogens is 452 g/mol. The molecule has 0 aliphatic carbocycles. The van der Waals surface area contributed by atoms with Gasteiger partial charge in [-0.2, -0.15) is 0 Å². The second-order valence-electron chi connectivity index (χ2n) is 8.82. The van der Waals surface area contributed by atoms with Crippen LogP contribution in [0.25, 0.3) is 0 Å². The highest BCUT2D eigenvalue weighted by atomic mass is 32.2. The van der Waals surface area contributed by atoms with Crippen LogP contribution < -0.4 is 0 Å². The fourth-order valence-corrected chi connectivity index (χ4v) is 5.36. The van der Waals surface area contributed by atoms with E-state index in [0.717, 1.165) is 16.4 Å². The molecule has 1 aromatic carbocycles. The molecule has 4 rings (SSSR count). The van der Waals surface area contributed by atoms with Gasteiger partial charge in [0.1, 0.15) is 0 Å². The number of amidine groups is 1. The molecule has 2 amide bonds. The number of esters is 1. The summed E-state index contributed by atoms with van der Waals surface area (Å²) in [5.74, 6) is -0.363. The fourth-order valence-electron chi connectivity index (χ4n) is 4.40. The van der Waals surface area contributed by atoms with Gasteiger partial charge in [-0.3, -0.25) is 9.59 Å². The molecule has 3 heterocycles. The zero-order chi connectivity index (χ0) is 24.4. The van der Waals surface area contributed by atoms with Gasteiger partial charge in [0, 0.05) is 38.8 Å². The summed E-state index contributed by atoms with van der Waals surface area (Å²) in [4.78, 5) is 48.2. The van der Waals surface area contributed by atoms with Crippen molar-refractivity contribution in [2.45, 2.75) is 46.3 Å². The summed E-state index contributed by atoms with van der Waals surface area (Å²) >= 11 is 1.46. The van der Waals surface area contributed by atoms with E-state index in [2.05, 4.69) is 0 Å². The van der Waals surface area contributed by atoms with Crippen molar-refractivity contribution >= 4 is 34.7 Å². The Labute approximate surface area is 204 Å². The molecule has 1 unspecified atom stereocenters. The van der Waals surface area contributed by atoms with Crippen LogP contribution in [0.5, 0.6) is 0 Å². The third-order valence-electron chi connectivity index (χ3n) is 6.09. The van der Waals surface area contributed by atoms with Gasteiger partial charge in [-0.05, 0) is 31.7 Å². The quantitative estimate of drug-likeness (QED) is 0.599. The number of fused-ring (bicyclic) bond motifs is 1. The monoisotopic (exact) mass is 482 g/mol. The van der Waals surface area contributed by atoms with Crippen molar-refractivity contribution in [3.63, 3.8) is 0 Å². The molecule has 0 N–H and O–H groups in total. The summed E-state index contributed by atoms with van der Waals surface area (Å²) < 4.78 is 5.57. The van der Waals surface area contributed by atoms with Crippen LogP contribution in [-0.2, 0) is 19.1 Å². The van der Waals surface area contributed by atoms with Gasteiger partial charge in [-0.15, -0.1) is 0 Å². The Bertz CT molecular complexity index is 1070. The number of carbonyl (C=O) groups is 3. The first-order valence-corrected chi connectivity index (χ1v) is 12.4. The molecular formula is C25H30N4O4S. The second kappa shape index (κ2) is 10.0. The van der Waals surface area contributed by atoms with Crippen LogP contribution in [0.1, 0.15) is 45.7 Å². The first-order chi connectivity index (χ1) is 16.3. The Balaban J connectivity index is 1.60. The van der Waals surface area contributed by atoms with Crippen LogP contribution >= 0.6 is 11.8 Å². The van der Waals surface area contributed by atoms with Gasteiger partial charge in [0.25, 0.3) is 0 Å². The maximum absolute atomic E-state index is 13.2. The highest BCUT2D eigenvalue weighted by molar-refractivity contribution is 8.16. The number of ether oxygens (including phenoxy) is 1. The maximum Gasteiger partial charge on any atom is 0.338 e.